The summed E-state index contributed by atoms with van der Waals surface area (Å²) >= 11 is 0. The molecular weight excluding hydrogens is 450 g/mol. The van der Waals surface area contributed by atoms with Gasteiger partial charge in [-0.05, 0) is 48.6 Å². The van der Waals surface area contributed by atoms with Gasteiger partial charge in [0.1, 0.15) is 12.4 Å². The molecule has 3 rings (SSSR count). The Balaban J connectivity index is 1.81. The number of urea groups is 1. The Hall–Kier alpha value is -3.61. The summed E-state index contributed by atoms with van der Waals surface area (Å²) in [6.45, 7) is 14.8. The molecule has 0 spiro atoms. The molecule has 7 nitrogen and oxygen atoms in total. The van der Waals surface area contributed by atoms with Gasteiger partial charge < -0.3 is 15.5 Å². The van der Waals surface area contributed by atoms with Gasteiger partial charge in [0.15, 0.2) is 0 Å². The third kappa shape index (κ3) is 6.97. The Bertz CT molecular complexity index is 1190. The van der Waals surface area contributed by atoms with Gasteiger partial charge in [-0.3, -0.25) is 4.79 Å². The van der Waals surface area contributed by atoms with Gasteiger partial charge in [-0.15, -0.1) is 0 Å². The van der Waals surface area contributed by atoms with Crippen molar-refractivity contribution >= 4 is 23.4 Å². The highest BCUT2D eigenvalue weighted by atomic mass is 16.2. The molecule has 0 aliphatic carbocycles. The molecule has 0 bridgehead atoms. The van der Waals surface area contributed by atoms with E-state index in [1.165, 1.54) is 5.56 Å². The van der Waals surface area contributed by atoms with Crippen LogP contribution in [0.4, 0.5) is 16.3 Å². The van der Waals surface area contributed by atoms with E-state index in [1.807, 2.05) is 75.4 Å². The summed E-state index contributed by atoms with van der Waals surface area (Å²) in [7, 11) is 0. The van der Waals surface area contributed by atoms with Crippen molar-refractivity contribution in [3.05, 3.63) is 71.4 Å². The number of carbonyl (C=O) groups is 2. The number of nitrogens with zero attached hydrogens (tertiary/aromatic N) is 3. The molecule has 3 aromatic rings. The van der Waals surface area contributed by atoms with Gasteiger partial charge in [-0.1, -0.05) is 71.9 Å². The predicted octanol–water partition coefficient (Wildman–Crippen LogP) is 6.17. The Morgan fingerprint density at radius 2 is 1.69 bits per heavy atom. The normalized spacial score (nSPS) is 11.4. The van der Waals surface area contributed by atoms with Gasteiger partial charge in [-0.2, -0.15) is 5.10 Å². The molecule has 2 N–H and O–H groups in total. The van der Waals surface area contributed by atoms with Crippen molar-refractivity contribution in [3.8, 4) is 5.69 Å². The van der Waals surface area contributed by atoms with Crippen molar-refractivity contribution in [1.29, 1.82) is 0 Å². The molecule has 0 saturated carbocycles. The molecule has 2 aromatic carbocycles. The number of nitrogens with one attached hydrogen (secondary N) is 2. The van der Waals surface area contributed by atoms with Crippen LogP contribution in [0.5, 0.6) is 0 Å². The van der Waals surface area contributed by atoms with E-state index in [-0.39, 0.29) is 29.8 Å². The van der Waals surface area contributed by atoms with Crippen LogP contribution in [-0.2, 0) is 16.6 Å². The van der Waals surface area contributed by atoms with Crippen molar-refractivity contribution in [2.45, 2.75) is 60.3 Å². The standard InChI is InChI=1S/C29H39N5O2/c1-8-22-13-15-23(16-14-22)30-28(36)33(18-20(2)3)19-27(35)31-26-17-25(29(5,6)7)32-34(26)24-12-10-9-11-21(24)4/h9-17,20H,8,18-19H2,1-7H3,(H,30,36)(H,31,35). The first kappa shape index (κ1) is 27.0. The lowest BCUT2D eigenvalue weighted by Crippen LogP contribution is -2.42. The molecule has 7 heteroatoms. The molecular formula is C29H39N5O2. The number of hydrogen-bond acceptors (Lipinski definition) is 3. The van der Waals surface area contributed by atoms with E-state index in [1.54, 1.807) is 9.58 Å². The molecule has 0 radical (unpaired) electrons. The second-order valence-electron chi connectivity index (χ2n) is 10.7. The smallest absolute Gasteiger partial charge is 0.315 e. The quantitative estimate of drug-likeness (QED) is 0.397. The van der Waals surface area contributed by atoms with Crippen LogP contribution in [0.15, 0.2) is 54.6 Å². The fraction of sp³-hybridized carbons (Fsp3) is 0.414. The lowest BCUT2D eigenvalue weighted by molar-refractivity contribution is -0.116. The fourth-order valence-corrected chi connectivity index (χ4v) is 3.86. The summed E-state index contributed by atoms with van der Waals surface area (Å²) < 4.78 is 1.77. The van der Waals surface area contributed by atoms with Crippen molar-refractivity contribution < 1.29 is 9.59 Å². The van der Waals surface area contributed by atoms with Crippen LogP contribution in [0.1, 0.15) is 58.4 Å². The number of amides is 3. The molecule has 0 saturated heterocycles. The Morgan fingerprint density at radius 1 is 1.03 bits per heavy atom. The zero-order valence-electron chi connectivity index (χ0n) is 22.6. The van der Waals surface area contributed by atoms with Gasteiger partial charge >= 0.3 is 6.03 Å². The molecule has 1 aromatic heterocycles. The molecule has 0 aliphatic rings. The van der Waals surface area contributed by atoms with Gasteiger partial charge in [0.2, 0.25) is 5.91 Å². The summed E-state index contributed by atoms with van der Waals surface area (Å²) in [5, 5.41) is 10.7. The summed E-state index contributed by atoms with van der Waals surface area (Å²) in [6, 6.07) is 17.3. The van der Waals surface area contributed by atoms with E-state index in [9.17, 15) is 9.59 Å². The zero-order chi connectivity index (χ0) is 26.5. The minimum atomic E-state index is -0.300. The minimum absolute atomic E-state index is 0.0686. The van der Waals surface area contributed by atoms with Gasteiger partial charge in [0, 0.05) is 23.7 Å². The van der Waals surface area contributed by atoms with Crippen molar-refractivity contribution in [1.82, 2.24) is 14.7 Å². The highest BCUT2D eigenvalue weighted by Crippen LogP contribution is 2.27. The van der Waals surface area contributed by atoms with Crippen molar-refractivity contribution in [3.63, 3.8) is 0 Å². The zero-order valence-corrected chi connectivity index (χ0v) is 22.6. The molecule has 3 amide bonds. The van der Waals surface area contributed by atoms with Crippen LogP contribution in [0.3, 0.4) is 0 Å². The predicted molar refractivity (Wildman–Crippen MR) is 147 cm³/mol. The Morgan fingerprint density at radius 3 is 2.28 bits per heavy atom. The van der Waals surface area contributed by atoms with E-state index in [4.69, 9.17) is 5.10 Å². The molecule has 1 heterocycles. The largest absolute Gasteiger partial charge is 0.322 e. The average Bonchev–Trinajstić information content (AvgIpc) is 3.23. The van der Waals surface area contributed by atoms with Crippen LogP contribution < -0.4 is 10.6 Å². The summed E-state index contributed by atoms with van der Waals surface area (Å²) in [4.78, 5) is 27.8. The first-order chi connectivity index (χ1) is 17.0. The summed E-state index contributed by atoms with van der Waals surface area (Å²) in [6.07, 6.45) is 0.934. The molecule has 0 fully saturated rings. The first-order valence-electron chi connectivity index (χ1n) is 12.6. The molecule has 192 valence electrons. The number of anilines is 2. The number of aromatic nitrogens is 2. The number of aryl methyl sites for hydroxylation is 2. The van der Waals surface area contributed by atoms with Crippen LogP contribution in [0.25, 0.3) is 5.69 Å². The van der Waals surface area contributed by atoms with E-state index < -0.39 is 0 Å². The van der Waals surface area contributed by atoms with Crippen LogP contribution >= 0.6 is 0 Å². The Kier molecular flexibility index (Phi) is 8.56. The maximum Gasteiger partial charge on any atom is 0.322 e. The van der Waals surface area contributed by atoms with Gasteiger partial charge in [0.25, 0.3) is 0 Å². The molecule has 36 heavy (non-hydrogen) atoms. The summed E-state index contributed by atoms with van der Waals surface area (Å²) in [5.74, 6) is 0.512. The molecule has 0 aliphatic heterocycles. The van der Waals surface area contributed by atoms with Gasteiger partial charge in [-0.25, -0.2) is 9.48 Å². The second-order valence-corrected chi connectivity index (χ2v) is 10.7. The second kappa shape index (κ2) is 11.4. The van der Waals surface area contributed by atoms with Crippen LogP contribution in [0, 0.1) is 12.8 Å². The summed E-state index contributed by atoms with van der Waals surface area (Å²) in [5.41, 5.74) is 4.53. The van der Waals surface area contributed by atoms with Gasteiger partial charge in [0.05, 0.1) is 11.4 Å². The lowest BCUT2D eigenvalue weighted by atomic mass is 9.92. The highest BCUT2D eigenvalue weighted by Gasteiger charge is 2.24. The third-order valence-electron chi connectivity index (χ3n) is 5.91. The number of rotatable bonds is 8. The highest BCUT2D eigenvalue weighted by molar-refractivity contribution is 5.96. The average molecular weight is 490 g/mol. The van der Waals surface area contributed by atoms with E-state index >= 15 is 0 Å². The number of hydrogen-bond donors (Lipinski definition) is 2. The third-order valence-corrected chi connectivity index (χ3v) is 5.91. The fourth-order valence-electron chi connectivity index (χ4n) is 3.86. The minimum Gasteiger partial charge on any atom is -0.315 e. The van der Waals surface area contributed by atoms with Crippen LogP contribution in [-0.4, -0.2) is 39.7 Å². The number of carbonyl (C=O) groups excluding carboxylic acids is 2. The number of benzene rings is 2. The maximum absolute atomic E-state index is 13.2. The van der Waals surface area contributed by atoms with Crippen LogP contribution in [0.2, 0.25) is 0 Å². The first-order valence-corrected chi connectivity index (χ1v) is 12.6. The van der Waals surface area contributed by atoms with Crippen molar-refractivity contribution in [2.24, 2.45) is 5.92 Å². The topological polar surface area (TPSA) is 79.3 Å². The monoisotopic (exact) mass is 489 g/mol. The van der Waals surface area contributed by atoms with Crippen molar-refractivity contribution in [2.75, 3.05) is 23.7 Å². The van der Waals surface area contributed by atoms with E-state index in [0.29, 0.717) is 18.1 Å². The lowest BCUT2D eigenvalue weighted by Gasteiger charge is -2.24. The van der Waals surface area contributed by atoms with E-state index in [2.05, 4.69) is 38.3 Å². The number of para-hydroxylation sites is 1. The molecule has 0 unspecified atom stereocenters. The molecule has 0 atom stereocenters. The van der Waals surface area contributed by atoms with E-state index in [0.717, 1.165) is 23.4 Å². The maximum atomic E-state index is 13.2. The Labute approximate surface area is 214 Å². The SMILES string of the molecule is CCc1ccc(NC(=O)N(CC(=O)Nc2cc(C(C)(C)C)nn2-c2ccccc2C)CC(C)C)cc1.